The van der Waals surface area contributed by atoms with Crippen LogP contribution in [0.4, 0.5) is 0 Å². The predicted molar refractivity (Wildman–Crippen MR) is 136 cm³/mol. The molecule has 172 valence electrons. The summed E-state index contributed by atoms with van der Waals surface area (Å²) in [6.45, 7) is 9.81. The molecule has 1 heterocycles. The fourth-order valence-corrected chi connectivity index (χ4v) is 5.15. The number of aliphatic imine (C=N–C) groups is 1. The second-order valence-corrected chi connectivity index (χ2v) is 9.74. The fraction of sp³-hybridized carbons (Fsp3) is 0.667. The van der Waals surface area contributed by atoms with Gasteiger partial charge in [0.05, 0.1) is 5.75 Å². The summed E-state index contributed by atoms with van der Waals surface area (Å²) in [5, 5.41) is 6.86. The van der Waals surface area contributed by atoms with Crippen LogP contribution in [0.2, 0.25) is 0 Å². The number of hydrogen-bond donors (Lipinski definition) is 3. The number of sulfonamides is 1. The molecule has 0 saturated carbocycles. The quantitative estimate of drug-likeness (QED) is 0.250. The molecular weight excluding hydrogens is 513 g/mol. The van der Waals surface area contributed by atoms with Crippen LogP contribution < -0.4 is 15.4 Å². The van der Waals surface area contributed by atoms with Gasteiger partial charge >= 0.3 is 0 Å². The van der Waals surface area contributed by atoms with E-state index in [1.807, 2.05) is 38.1 Å². The second kappa shape index (κ2) is 13.5. The SMILES string of the molecule is CCCN1CCC(NC(=NC)NCc2ccccc2CS(=O)(=O)NC(C)C)CC1.I. The van der Waals surface area contributed by atoms with Crippen LogP contribution in [0.5, 0.6) is 0 Å². The van der Waals surface area contributed by atoms with Gasteiger partial charge in [-0.2, -0.15) is 0 Å². The summed E-state index contributed by atoms with van der Waals surface area (Å²) in [6.07, 6.45) is 3.41. The summed E-state index contributed by atoms with van der Waals surface area (Å²) in [4.78, 5) is 6.86. The van der Waals surface area contributed by atoms with Gasteiger partial charge in [-0.3, -0.25) is 4.99 Å². The van der Waals surface area contributed by atoms with E-state index in [4.69, 9.17) is 0 Å². The van der Waals surface area contributed by atoms with Crippen molar-refractivity contribution >= 4 is 40.0 Å². The first-order valence-corrected chi connectivity index (χ1v) is 12.2. The first-order chi connectivity index (χ1) is 13.8. The standard InChI is InChI=1S/C21H37N5O2S.HI/c1-5-12-26-13-10-20(11-14-26)24-21(22-4)23-15-18-8-6-7-9-19(18)16-29(27,28)25-17(2)3;/h6-9,17,20,25H,5,10-16H2,1-4H3,(H2,22,23,24);1H. The van der Waals surface area contributed by atoms with Gasteiger partial charge in [0.15, 0.2) is 5.96 Å². The van der Waals surface area contributed by atoms with Crippen molar-refractivity contribution in [3.05, 3.63) is 35.4 Å². The molecule has 1 aliphatic rings. The molecule has 1 saturated heterocycles. The van der Waals surface area contributed by atoms with Gasteiger partial charge in [-0.25, -0.2) is 13.1 Å². The second-order valence-electron chi connectivity index (χ2n) is 7.99. The lowest BCUT2D eigenvalue weighted by molar-refractivity contribution is 0.206. The molecule has 0 radical (unpaired) electrons. The minimum absolute atomic E-state index is 0. The van der Waals surface area contributed by atoms with Crippen LogP contribution in [0.15, 0.2) is 29.3 Å². The number of nitrogens with zero attached hydrogens (tertiary/aromatic N) is 2. The molecular formula is C21H38IN5O2S. The van der Waals surface area contributed by atoms with E-state index in [9.17, 15) is 8.42 Å². The maximum absolute atomic E-state index is 12.3. The highest BCUT2D eigenvalue weighted by molar-refractivity contribution is 14.0. The van der Waals surface area contributed by atoms with Crippen molar-refractivity contribution in [1.29, 1.82) is 0 Å². The molecule has 3 N–H and O–H groups in total. The fourth-order valence-electron chi connectivity index (χ4n) is 3.66. The average Bonchev–Trinajstić information content (AvgIpc) is 2.66. The van der Waals surface area contributed by atoms with Gasteiger partial charge in [-0.05, 0) is 50.8 Å². The van der Waals surface area contributed by atoms with E-state index >= 15 is 0 Å². The van der Waals surface area contributed by atoms with E-state index in [1.54, 1.807) is 7.05 Å². The van der Waals surface area contributed by atoms with Crippen LogP contribution >= 0.6 is 24.0 Å². The van der Waals surface area contributed by atoms with Crippen molar-refractivity contribution in [2.75, 3.05) is 26.7 Å². The van der Waals surface area contributed by atoms with Crippen molar-refractivity contribution in [2.45, 2.75) is 64.4 Å². The van der Waals surface area contributed by atoms with Gasteiger partial charge in [0.25, 0.3) is 0 Å². The number of benzene rings is 1. The highest BCUT2D eigenvalue weighted by Gasteiger charge is 2.20. The molecule has 0 bridgehead atoms. The molecule has 30 heavy (non-hydrogen) atoms. The zero-order valence-corrected chi connectivity index (χ0v) is 21.8. The number of hydrogen-bond acceptors (Lipinski definition) is 4. The predicted octanol–water partition coefficient (Wildman–Crippen LogP) is 2.67. The molecule has 1 aromatic rings. The average molecular weight is 552 g/mol. The third-order valence-electron chi connectivity index (χ3n) is 5.02. The molecule has 7 nitrogen and oxygen atoms in total. The van der Waals surface area contributed by atoms with Crippen LogP contribution in [-0.4, -0.2) is 58.0 Å². The van der Waals surface area contributed by atoms with Gasteiger partial charge in [0.1, 0.15) is 0 Å². The van der Waals surface area contributed by atoms with Gasteiger partial charge in [0, 0.05) is 38.8 Å². The lowest BCUT2D eigenvalue weighted by Gasteiger charge is -2.32. The van der Waals surface area contributed by atoms with Gasteiger partial charge in [0.2, 0.25) is 10.0 Å². The molecule has 1 aliphatic heterocycles. The monoisotopic (exact) mass is 551 g/mol. The molecule has 2 rings (SSSR count). The highest BCUT2D eigenvalue weighted by atomic mass is 127. The van der Waals surface area contributed by atoms with E-state index in [1.165, 1.54) is 13.0 Å². The third-order valence-corrected chi connectivity index (χ3v) is 6.54. The Kier molecular flexibility index (Phi) is 12.2. The molecule has 1 fully saturated rings. The summed E-state index contributed by atoms with van der Waals surface area (Å²) in [5.41, 5.74) is 1.76. The first kappa shape index (κ1) is 27.1. The first-order valence-electron chi connectivity index (χ1n) is 10.6. The number of likely N-dealkylation sites (tertiary alicyclic amines) is 1. The topological polar surface area (TPSA) is 85.8 Å². The Labute approximate surface area is 199 Å². The zero-order chi connectivity index (χ0) is 21.3. The van der Waals surface area contributed by atoms with Gasteiger partial charge in [-0.15, -0.1) is 24.0 Å². The zero-order valence-electron chi connectivity index (χ0n) is 18.6. The lowest BCUT2D eigenvalue weighted by atomic mass is 10.1. The van der Waals surface area contributed by atoms with E-state index in [-0.39, 0.29) is 35.8 Å². The Morgan fingerprint density at radius 3 is 2.40 bits per heavy atom. The van der Waals surface area contributed by atoms with Crippen LogP contribution in [0.3, 0.4) is 0 Å². The molecule has 9 heteroatoms. The Bertz CT molecular complexity index is 762. The van der Waals surface area contributed by atoms with Crippen molar-refractivity contribution in [1.82, 2.24) is 20.3 Å². The summed E-state index contributed by atoms with van der Waals surface area (Å²) < 4.78 is 27.3. The van der Waals surface area contributed by atoms with Crippen LogP contribution in [0, 0.1) is 0 Å². The van der Waals surface area contributed by atoms with E-state index in [0.717, 1.165) is 43.0 Å². The van der Waals surface area contributed by atoms with E-state index in [0.29, 0.717) is 12.6 Å². The summed E-state index contributed by atoms with van der Waals surface area (Å²) in [6, 6.07) is 7.95. The van der Waals surface area contributed by atoms with Gasteiger partial charge < -0.3 is 15.5 Å². The number of nitrogens with one attached hydrogen (secondary N) is 3. The maximum atomic E-state index is 12.3. The minimum atomic E-state index is -3.36. The summed E-state index contributed by atoms with van der Waals surface area (Å²) in [5.74, 6) is 0.738. The third kappa shape index (κ3) is 9.49. The lowest BCUT2D eigenvalue weighted by Crippen LogP contribution is -2.48. The van der Waals surface area contributed by atoms with Crippen molar-refractivity contribution < 1.29 is 8.42 Å². The van der Waals surface area contributed by atoms with Crippen molar-refractivity contribution in [3.63, 3.8) is 0 Å². The van der Waals surface area contributed by atoms with Crippen LogP contribution in [0.1, 0.15) is 51.2 Å². The Hall–Kier alpha value is -0.910. The smallest absolute Gasteiger partial charge is 0.216 e. The molecule has 1 aromatic carbocycles. The Morgan fingerprint density at radius 1 is 1.20 bits per heavy atom. The number of rotatable bonds is 9. The van der Waals surface area contributed by atoms with Crippen LogP contribution in [-0.2, 0) is 22.3 Å². The summed E-state index contributed by atoms with van der Waals surface area (Å²) >= 11 is 0. The number of piperidine rings is 1. The highest BCUT2D eigenvalue weighted by Crippen LogP contribution is 2.13. The largest absolute Gasteiger partial charge is 0.354 e. The van der Waals surface area contributed by atoms with E-state index in [2.05, 4.69) is 32.2 Å². The molecule has 0 amide bonds. The minimum Gasteiger partial charge on any atom is -0.354 e. The Morgan fingerprint density at radius 2 is 1.83 bits per heavy atom. The Balaban J connectivity index is 0.00000450. The molecule has 0 spiro atoms. The van der Waals surface area contributed by atoms with Gasteiger partial charge in [-0.1, -0.05) is 31.2 Å². The molecule has 0 unspecified atom stereocenters. The van der Waals surface area contributed by atoms with Crippen molar-refractivity contribution in [2.24, 2.45) is 4.99 Å². The van der Waals surface area contributed by atoms with Crippen LogP contribution in [0.25, 0.3) is 0 Å². The number of guanidine groups is 1. The molecule has 0 atom stereocenters. The van der Waals surface area contributed by atoms with E-state index < -0.39 is 10.0 Å². The maximum Gasteiger partial charge on any atom is 0.216 e. The van der Waals surface area contributed by atoms with Crippen molar-refractivity contribution in [3.8, 4) is 0 Å². The molecule has 0 aromatic heterocycles. The summed E-state index contributed by atoms with van der Waals surface area (Å²) in [7, 11) is -1.59. The normalized spacial score (nSPS) is 16.4. The number of halogens is 1. The molecule has 0 aliphatic carbocycles.